The Bertz CT molecular complexity index is 479. The number of nitrogens with one attached hydrogen (secondary N) is 1. The van der Waals surface area contributed by atoms with Crippen molar-refractivity contribution in [2.24, 2.45) is 5.92 Å². The lowest BCUT2D eigenvalue weighted by atomic mass is 9.82. The first kappa shape index (κ1) is 16.0. The topological polar surface area (TPSA) is 37.8 Å². The molecule has 3 nitrogen and oxygen atoms in total. The Morgan fingerprint density at radius 3 is 2.45 bits per heavy atom. The van der Waals surface area contributed by atoms with Crippen LogP contribution in [0.15, 0.2) is 0 Å². The number of rotatable bonds is 2. The molecule has 1 aromatic rings. The van der Waals surface area contributed by atoms with E-state index in [4.69, 9.17) is 9.97 Å². The smallest absolute Gasteiger partial charge is 0.143 e. The van der Waals surface area contributed by atoms with Crippen molar-refractivity contribution in [3.05, 3.63) is 15.1 Å². The summed E-state index contributed by atoms with van der Waals surface area (Å²) in [6.07, 6.45) is 5.12. The van der Waals surface area contributed by atoms with E-state index in [9.17, 15) is 0 Å². The highest BCUT2D eigenvalue weighted by Crippen LogP contribution is 2.37. The molecule has 1 aliphatic carbocycles. The second kappa shape index (κ2) is 6.16. The van der Waals surface area contributed by atoms with Gasteiger partial charge in [-0.1, -0.05) is 40.5 Å². The minimum absolute atomic E-state index is 0.0557. The highest BCUT2D eigenvalue weighted by atomic mass is 127. The average molecular weight is 387 g/mol. The summed E-state index contributed by atoms with van der Waals surface area (Å²) in [5.74, 6) is 3.36. The first-order valence-corrected chi connectivity index (χ1v) is 8.66. The molecule has 1 saturated carbocycles. The average Bonchev–Trinajstić information content (AvgIpc) is 2.37. The third-order valence-corrected chi connectivity index (χ3v) is 5.14. The molecule has 1 fully saturated rings. The van der Waals surface area contributed by atoms with Gasteiger partial charge in [-0.05, 0) is 41.4 Å². The maximum absolute atomic E-state index is 4.95. The Morgan fingerprint density at radius 2 is 1.90 bits per heavy atom. The van der Waals surface area contributed by atoms with Gasteiger partial charge >= 0.3 is 0 Å². The van der Waals surface area contributed by atoms with Crippen molar-refractivity contribution < 1.29 is 0 Å². The normalized spacial score (nSPS) is 23.7. The van der Waals surface area contributed by atoms with Crippen molar-refractivity contribution in [3.63, 3.8) is 0 Å². The fourth-order valence-corrected chi connectivity index (χ4v) is 4.30. The summed E-state index contributed by atoms with van der Waals surface area (Å²) < 4.78 is 1.16. The van der Waals surface area contributed by atoms with Crippen LogP contribution in [0.25, 0.3) is 0 Å². The van der Waals surface area contributed by atoms with Gasteiger partial charge in [-0.3, -0.25) is 0 Å². The van der Waals surface area contributed by atoms with E-state index < -0.39 is 0 Å². The molecule has 2 unspecified atom stereocenters. The second-order valence-corrected chi connectivity index (χ2v) is 8.14. The standard InChI is InChI=1S/C16H26IN3/c1-10-7-6-8-11(9-10)14-19-13(16(2,3)4)12(17)15(18-5)20-14/h10-11H,6-9H2,1-5H3,(H,18,19,20). The Morgan fingerprint density at radius 1 is 1.20 bits per heavy atom. The van der Waals surface area contributed by atoms with Crippen molar-refractivity contribution in [1.82, 2.24) is 9.97 Å². The Balaban J connectivity index is 2.43. The predicted molar refractivity (Wildman–Crippen MR) is 93.4 cm³/mol. The molecule has 0 bridgehead atoms. The van der Waals surface area contributed by atoms with E-state index in [1.807, 2.05) is 7.05 Å². The molecule has 0 aromatic carbocycles. The van der Waals surface area contributed by atoms with Gasteiger partial charge in [0.1, 0.15) is 11.6 Å². The van der Waals surface area contributed by atoms with Gasteiger partial charge in [0.15, 0.2) is 0 Å². The fraction of sp³-hybridized carbons (Fsp3) is 0.750. The molecule has 4 heteroatoms. The summed E-state index contributed by atoms with van der Waals surface area (Å²) in [6.45, 7) is 9.03. The van der Waals surface area contributed by atoms with Gasteiger partial charge in [-0.2, -0.15) is 0 Å². The molecule has 2 atom stereocenters. The molecule has 0 saturated heterocycles. The van der Waals surface area contributed by atoms with E-state index in [1.54, 1.807) is 0 Å². The fourth-order valence-electron chi connectivity index (χ4n) is 2.98. The highest BCUT2D eigenvalue weighted by molar-refractivity contribution is 14.1. The Labute approximate surface area is 136 Å². The zero-order valence-corrected chi connectivity index (χ0v) is 15.4. The van der Waals surface area contributed by atoms with Crippen LogP contribution in [0.4, 0.5) is 5.82 Å². The summed E-state index contributed by atoms with van der Waals surface area (Å²) in [7, 11) is 1.95. The number of hydrogen-bond donors (Lipinski definition) is 1. The van der Waals surface area contributed by atoms with E-state index >= 15 is 0 Å². The number of anilines is 1. The molecular formula is C16H26IN3. The third-order valence-electron chi connectivity index (χ3n) is 4.12. The van der Waals surface area contributed by atoms with Crippen molar-refractivity contribution in [2.45, 2.75) is 64.7 Å². The quantitative estimate of drug-likeness (QED) is 0.747. The van der Waals surface area contributed by atoms with Crippen LogP contribution in [0.5, 0.6) is 0 Å². The summed E-state index contributed by atoms with van der Waals surface area (Å²) in [4.78, 5) is 9.74. The number of aromatic nitrogens is 2. The maximum Gasteiger partial charge on any atom is 0.143 e. The van der Waals surface area contributed by atoms with Gasteiger partial charge in [-0.15, -0.1) is 0 Å². The van der Waals surface area contributed by atoms with Crippen molar-refractivity contribution in [2.75, 3.05) is 12.4 Å². The molecule has 112 valence electrons. The zero-order chi connectivity index (χ0) is 14.9. The summed E-state index contributed by atoms with van der Waals surface area (Å²) in [6, 6.07) is 0. The first-order valence-electron chi connectivity index (χ1n) is 7.58. The zero-order valence-electron chi connectivity index (χ0n) is 13.3. The van der Waals surface area contributed by atoms with Gasteiger partial charge in [0.2, 0.25) is 0 Å². The van der Waals surface area contributed by atoms with Gasteiger partial charge in [0.25, 0.3) is 0 Å². The van der Waals surface area contributed by atoms with E-state index in [0.29, 0.717) is 5.92 Å². The van der Waals surface area contributed by atoms with Crippen LogP contribution in [-0.4, -0.2) is 17.0 Å². The van der Waals surface area contributed by atoms with Gasteiger partial charge in [0, 0.05) is 18.4 Å². The van der Waals surface area contributed by atoms with Gasteiger partial charge in [0.05, 0.1) is 9.26 Å². The molecule has 1 heterocycles. The van der Waals surface area contributed by atoms with Crippen LogP contribution < -0.4 is 5.32 Å². The molecule has 2 rings (SSSR count). The maximum atomic E-state index is 4.95. The third kappa shape index (κ3) is 3.43. The Hall–Kier alpha value is -0.390. The van der Waals surface area contributed by atoms with E-state index in [2.05, 4.69) is 55.6 Å². The SMILES string of the molecule is CNc1nc(C2CCCC(C)C2)nc(C(C)(C)C)c1I. The van der Waals surface area contributed by atoms with Gasteiger partial charge < -0.3 is 5.32 Å². The molecule has 1 aliphatic rings. The van der Waals surface area contributed by atoms with E-state index in [1.165, 1.54) is 31.4 Å². The monoisotopic (exact) mass is 387 g/mol. The lowest BCUT2D eigenvalue weighted by Crippen LogP contribution is -2.22. The van der Waals surface area contributed by atoms with Crippen LogP contribution in [0.2, 0.25) is 0 Å². The number of nitrogens with zero attached hydrogens (tertiary/aromatic N) is 2. The Kier molecular flexibility index (Phi) is 4.92. The predicted octanol–water partition coefficient (Wildman–Crippen LogP) is 4.71. The number of hydrogen-bond acceptors (Lipinski definition) is 3. The van der Waals surface area contributed by atoms with Crippen molar-refractivity contribution in [3.8, 4) is 0 Å². The largest absolute Gasteiger partial charge is 0.372 e. The molecule has 0 spiro atoms. The van der Waals surface area contributed by atoms with Crippen LogP contribution >= 0.6 is 22.6 Å². The lowest BCUT2D eigenvalue weighted by molar-refractivity contribution is 0.334. The summed E-state index contributed by atoms with van der Waals surface area (Å²) >= 11 is 2.37. The summed E-state index contributed by atoms with van der Waals surface area (Å²) in [5, 5.41) is 3.24. The molecule has 20 heavy (non-hydrogen) atoms. The molecule has 0 aliphatic heterocycles. The minimum atomic E-state index is 0.0557. The molecule has 0 radical (unpaired) electrons. The van der Waals surface area contributed by atoms with Crippen molar-refractivity contribution in [1.29, 1.82) is 0 Å². The highest BCUT2D eigenvalue weighted by Gasteiger charge is 2.27. The number of halogens is 1. The molecule has 0 amide bonds. The lowest BCUT2D eigenvalue weighted by Gasteiger charge is -2.28. The molecule has 1 aromatic heterocycles. The van der Waals surface area contributed by atoms with Crippen LogP contribution in [-0.2, 0) is 5.41 Å². The second-order valence-electron chi connectivity index (χ2n) is 7.06. The summed E-state index contributed by atoms with van der Waals surface area (Å²) in [5.41, 5.74) is 1.23. The van der Waals surface area contributed by atoms with Crippen LogP contribution in [0.1, 0.15) is 70.8 Å². The molecule has 1 N–H and O–H groups in total. The van der Waals surface area contributed by atoms with Crippen molar-refractivity contribution >= 4 is 28.4 Å². The van der Waals surface area contributed by atoms with Gasteiger partial charge in [-0.25, -0.2) is 9.97 Å². The van der Waals surface area contributed by atoms with Crippen LogP contribution in [0, 0.1) is 9.49 Å². The molecular weight excluding hydrogens is 361 g/mol. The minimum Gasteiger partial charge on any atom is -0.372 e. The van der Waals surface area contributed by atoms with E-state index in [-0.39, 0.29) is 5.41 Å². The first-order chi connectivity index (χ1) is 9.32. The van der Waals surface area contributed by atoms with E-state index in [0.717, 1.165) is 21.1 Å². The van der Waals surface area contributed by atoms with Crippen LogP contribution in [0.3, 0.4) is 0 Å².